The molecular weight excluding hydrogens is 297 g/mol. The minimum absolute atomic E-state index is 0.143. The molecule has 3 aromatic rings. The van der Waals surface area contributed by atoms with E-state index >= 15 is 0 Å². The predicted molar refractivity (Wildman–Crippen MR) is 84.7 cm³/mol. The third-order valence-electron chi connectivity index (χ3n) is 3.43. The monoisotopic (exact) mass is 313 g/mol. The van der Waals surface area contributed by atoms with Crippen LogP contribution in [0, 0.1) is 5.82 Å². The summed E-state index contributed by atoms with van der Waals surface area (Å²) in [4.78, 5) is 11.9. The Morgan fingerprint density at radius 1 is 1.22 bits per heavy atom. The summed E-state index contributed by atoms with van der Waals surface area (Å²) in [6.07, 6.45) is 0. The van der Waals surface area contributed by atoms with Gasteiger partial charge in [-0.1, -0.05) is 18.2 Å². The number of fused-ring (bicyclic) bond motifs is 1. The largest absolute Gasteiger partial charge is 0.484 e. The Labute approximate surface area is 132 Å². The van der Waals surface area contributed by atoms with E-state index in [0.717, 1.165) is 11.0 Å². The number of hydrogen-bond acceptors (Lipinski definition) is 3. The van der Waals surface area contributed by atoms with Crippen molar-refractivity contribution in [2.24, 2.45) is 0 Å². The maximum absolute atomic E-state index is 12.8. The van der Waals surface area contributed by atoms with Crippen LogP contribution in [0.25, 0.3) is 11.0 Å². The molecule has 0 aliphatic carbocycles. The molecule has 0 saturated heterocycles. The Hall–Kier alpha value is -2.82. The highest BCUT2D eigenvalue weighted by Gasteiger charge is 2.14. The van der Waals surface area contributed by atoms with E-state index in [1.165, 1.54) is 24.3 Å². The van der Waals surface area contributed by atoms with Crippen molar-refractivity contribution in [2.45, 2.75) is 13.0 Å². The molecule has 0 saturated carbocycles. The molecule has 1 heterocycles. The molecule has 4 nitrogen and oxygen atoms in total. The molecule has 0 aliphatic heterocycles. The van der Waals surface area contributed by atoms with E-state index < -0.39 is 0 Å². The number of amides is 1. The van der Waals surface area contributed by atoms with Gasteiger partial charge in [0.25, 0.3) is 5.91 Å². The number of benzene rings is 2. The first-order valence-corrected chi connectivity index (χ1v) is 7.28. The van der Waals surface area contributed by atoms with Crippen molar-refractivity contribution >= 4 is 16.9 Å². The number of furan rings is 1. The van der Waals surface area contributed by atoms with Crippen molar-refractivity contribution in [1.29, 1.82) is 0 Å². The molecule has 0 spiro atoms. The molecule has 5 heteroatoms. The van der Waals surface area contributed by atoms with Crippen molar-refractivity contribution in [3.63, 3.8) is 0 Å². The summed E-state index contributed by atoms with van der Waals surface area (Å²) in [5.41, 5.74) is 0.783. The molecule has 1 N–H and O–H groups in total. The van der Waals surface area contributed by atoms with E-state index in [1.807, 2.05) is 37.3 Å². The van der Waals surface area contributed by atoms with E-state index in [0.29, 0.717) is 11.5 Å². The molecule has 1 atom stereocenters. The third-order valence-corrected chi connectivity index (χ3v) is 3.43. The van der Waals surface area contributed by atoms with Crippen LogP contribution in [0.5, 0.6) is 5.75 Å². The van der Waals surface area contributed by atoms with E-state index in [-0.39, 0.29) is 24.4 Å². The highest BCUT2D eigenvalue weighted by Crippen LogP contribution is 2.23. The lowest BCUT2D eigenvalue weighted by molar-refractivity contribution is -0.123. The Bertz CT molecular complexity index is 778. The van der Waals surface area contributed by atoms with Gasteiger partial charge in [0.05, 0.1) is 6.04 Å². The SMILES string of the molecule is C[C@@H](NC(=O)COc1ccc(F)cc1)c1cc2ccccc2o1. The molecular formula is C18H16FNO3. The second kappa shape index (κ2) is 6.52. The fourth-order valence-corrected chi connectivity index (χ4v) is 2.25. The van der Waals surface area contributed by atoms with Gasteiger partial charge in [0.2, 0.25) is 0 Å². The maximum Gasteiger partial charge on any atom is 0.258 e. The summed E-state index contributed by atoms with van der Waals surface area (Å²) in [6.45, 7) is 1.70. The number of rotatable bonds is 5. The van der Waals surface area contributed by atoms with E-state index in [2.05, 4.69) is 5.32 Å². The Morgan fingerprint density at radius 3 is 2.70 bits per heavy atom. The van der Waals surface area contributed by atoms with Crippen LogP contribution >= 0.6 is 0 Å². The molecule has 1 amide bonds. The third kappa shape index (κ3) is 3.69. The molecule has 3 rings (SSSR count). The van der Waals surface area contributed by atoms with Gasteiger partial charge in [0, 0.05) is 5.39 Å². The Kier molecular flexibility index (Phi) is 4.28. The molecule has 0 unspecified atom stereocenters. The molecule has 1 aromatic heterocycles. The van der Waals surface area contributed by atoms with Crippen LogP contribution < -0.4 is 10.1 Å². The van der Waals surface area contributed by atoms with Crippen LogP contribution in [0.4, 0.5) is 4.39 Å². The summed E-state index contributed by atoms with van der Waals surface area (Å²) in [5, 5.41) is 3.80. The minimum atomic E-state index is -0.347. The number of carbonyl (C=O) groups excluding carboxylic acids is 1. The number of hydrogen-bond donors (Lipinski definition) is 1. The van der Waals surface area contributed by atoms with Crippen LogP contribution in [0.1, 0.15) is 18.7 Å². The van der Waals surface area contributed by atoms with Crippen LogP contribution in [0.15, 0.2) is 59.0 Å². The van der Waals surface area contributed by atoms with Crippen LogP contribution in [0.3, 0.4) is 0 Å². The van der Waals surface area contributed by atoms with Gasteiger partial charge in [-0.25, -0.2) is 4.39 Å². The molecule has 118 valence electrons. The van der Waals surface area contributed by atoms with Gasteiger partial charge in [-0.3, -0.25) is 4.79 Å². The Balaban J connectivity index is 1.57. The predicted octanol–water partition coefficient (Wildman–Crippen LogP) is 3.83. The zero-order valence-corrected chi connectivity index (χ0v) is 12.6. The van der Waals surface area contributed by atoms with Crippen LogP contribution in [-0.2, 0) is 4.79 Å². The summed E-state index contributed by atoms with van der Waals surface area (Å²) >= 11 is 0. The van der Waals surface area contributed by atoms with Gasteiger partial charge in [-0.05, 0) is 43.3 Å². The normalized spacial score (nSPS) is 12.1. The maximum atomic E-state index is 12.8. The summed E-state index contributed by atoms with van der Waals surface area (Å²) in [5.74, 6) is 0.502. The molecule has 0 radical (unpaired) electrons. The molecule has 0 fully saturated rings. The van der Waals surface area contributed by atoms with Crippen molar-refractivity contribution < 1.29 is 18.3 Å². The standard InChI is InChI=1S/C18H16FNO3/c1-12(17-10-13-4-2-3-5-16(13)23-17)20-18(21)11-22-15-8-6-14(19)7-9-15/h2-10,12H,11H2,1H3,(H,20,21)/t12-/m1/s1. The lowest BCUT2D eigenvalue weighted by Gasteiger charge is -2.12. The van der Waals surface area contributed by atoms with E-state index in [9.17, 15) is 9.18 Å². The highest BCUT2D eigenvalue weighted by molar-refractivity contribution is 5.79. The lowest BCUT2D eigenvalue weighted by atomic mass is 10.2. The van der Waals surface area contributed by atoms with Gasteiger partial charge >= 0.3 is 0 Å². The smallest absolute Gasteiger partial charge is 0.258 e. The second-order valence-electron chi connectivity index (χ2n) is 5.22. The van der Waals surface area contributed by atoms with Crippen molar-refractivity contribution in [3.05, 3.63) is 66.2 Å². The van der Waals surface area contributed by atoms with Crippen molar-refractivity contribution in [1.82, 2.24) is 5.32 Å². The summed E-state index contributed by atoms with van der Waals surface area (Å²) < 4.78 is 23.8. The average molecular weight is 313 g/mol. The van der Waals surface area contributed by atoms with Gasteiger partial charge in [-0.15, -0.1) is 0 Å². The van der Waals surface area contributed by atoms with E-state index in [4.69, 9.17) is 9.15 Å². The number of halogens is 1. The number of nitrogens with one attached hydrogen (secondary N) is 1. The summed E-state index contributed by atoms with van der Waals surface area (Å²) in [6, 6.07) is 14.8. The lowest BCUT2D eigenvalue weighted by Crippen LogP contribution is -2.31. The van der Waals surface area contributed by atoms with Gasteiger partial charge in [0.15, 0.2) is 6.61 Å². The first-order valence-electron chi connectivity index (χ1n) is 7.28. The number of para-hydroxylation sites is 1. The fraction of sp³-hybridized carbons (Fsp3) is 0.167. The minimum Gasteiger partial charge on any atom is -0.484 e. The van der Waals surface area contributed by atoms with E-state index in [1.54, 1.807) is 0 Å². The van der Waals surface area contributed by atoms with Crippen LogP contribution in [0.2, 0.25) is 0 Å². The first kappa shape index (κ1) is 15.1. The van der Waals surface area contributed by atoms with Gasteiger partial charge in [0.1, 0.15) is 22.9 Å². The van der Waals surface area contributed by atoms with Gasteiger partial charge in [-0.2, -0.15) is 0 Å². The van der Waals surface area contributed by atoms with Crippen molar-refractivity contribution in [3.8, 4) is 5.75 Å². The zero-order chi connectivity index (χ0) is 16.2. The van der Waals surface area contributed by atoms with Gasteiger partial charge < -0.3 is 14.5 Å². The second-order valence-corrected chi connectivity index (χ2v) is 5.22. The quantitative estimate of drug-likeness (QED) is 0.779. The number of ether oxygens (including phenoxy) is 1. The topological polar surface area (TPSA) is 51.5 Å². The molecule has 0 bridgehead atoms. The zero-order valence-electron chi connectivity index (χ0n) is 12.6. The van der Waals surface area contributed by atoms with Crippen LogP contribution in [-0.4, -0.2) is 12.5 Å². The fourth-order valence-electron chi connectivity index (χ4n) is 2.25. The van der Waals surface area contributed by atoms with Crippen molar-refractivity contribution in [2.75, 3.05) is 6.61 Å². The molecule has 23 heavy (non-hydrogen) atoms. The average Bonchev–Trinajstić information content (AvgIpc) is 2.98. The highest BCUT2D eigenvalue weighted by atomic mass is 19.1. The summed E-state index contributed by atoms with van der Waals surface area (Å²) in [7, 11) is 0. The first-order chi connectivity index (χ1) is 11.1. The molecule has 2 aromatic carbocycles. The Morgan fingerprint density at radius 2 is 1.96 bits per heavy atom. The number of carbonyl (C=O) groups is 1. The molecule has 0 aliphatic rings.